The Labute approximate surface area is 109 Å². The predicted molar refractivity (Wildman–Crippen MR) is 66.0 cm³/mol. The van der Waals surface area contributed by atoms with Crippen LogP contribution >= 0.6 is 0 Å². The second-order valence-electron chi connectivity index (χ2n) is 4.26. The lowest BCUT2D eigenvalue weighted by atomic mass is 10.2. The highest BCUT2D eigenvalue weighted by atomic mass is 19.1. The van der Waals surface area contributed by atoms with Crippen molar-refractivity contribution >= 4 is 11.7 Å². The highest BCUT2D eigenvalue weighted by Crippen LogP contribution is 2.15. The van der Waals surface area contributed by atoms with Gasteiger partial charge in [-0.25, -0.2) is 13.6 Å². The number of rotatable bonds is 3. The summed E-state index contributed by atoms with van der Waals surface area (Å²) in [6.07, 6.45) is -0.121. The molecule has 19 heavy (non-hydrogen) atoms. The van der Waals surface area contributed by atoms with Gasteiger partial charge >= 0.3 is 6.03 Å². The summed E-state index contributed by atoms with van der Waals surface area (Å²) in [5, 5.41) is 8.08. The van der Waals surface area contributed by atoms with Crippen LogP contribution in [0.15, 0.2) is 18.2 Å². The Kier molecular flexibility index (Phi) is 4.28. The zero-order chi connectivity index (χ0) is 13.8. The number of hydrogen-bond acceptors (Lipinski definition) is 3. The van der Waals surface area contributed by atoms with E-state index in [1.54, 1.807) is 7.11 Å². The Balaban J connectivity index is 1.94. The number of carbonyl (C=O) groups excluding carboxylic acids is 1. The maximum atomic E-state index is 13.3. The van der Waals surface area contributed by atoms with Gasteiger partial charge in [0, 0.05) is 26.3 Å². The maximum Gasteiger partial charge on any atom is 0.319 e. The second-order valence-corrected chi connectivity index (χ2v) is 4.26. The fraction of sp³-hybridized carbons (Fsp3) is 0.417. The third kappa shape index (κ3) is 3.39. The van der Waals surface area contributed by atoms with E-state index in [9.17, 15) is 13.6 Å². The third-order valence-electron chi connectivity index (χ3n) is 2.96. The Morgan fingerprint density at radius 2 is 2.21 bits per heavy atom. The van der Waals surface area contributed by atoms with Crippen LogP contribution in [0.25, 0.3) is 0 Å². The number of urea groups is 1. The molecule has 1 aromatic rings. The quantitative estimate of drug-likeness (QED) is 0.770. The van der Waals surface area contributed by atoms with Gasteiger partial charge in [0.15, 0.2) is 0 Å². The van der Waals surface area contributed by atoms with E-state index in [4.69, 9.17) is 4.74 Å². The minimum absolute atomic E-state index is 0.0705. The highest BCUT2D eigenvalue weighted by molar-refractivity contribution is 5.89. The van der Waals surface area contributed by atoms with Crippen LogP contribution in [0.3, 0.4) is 0 Å². The lowest BCUT2D eigenvalue weighted by Crippen LogP contribution is -2.45. The molecule has 0 saturated carbocycles. The Morgan fingerprint density at radius 3 is 2.89 bits per heavy atom. The van der Waals surface area contributed by atoms with Crippen LogP contribution < -0.4 is 16.0 Å². The van der Waals surface area contributed by atoms with E-state index in [1.807, 2.05) is 0 Å². The molecule has 3 N–H and O–H groups in total. The maximum absolute atomic E-state index is 13.3. The van der Waals surface area contributed by atoms with Crippen molar-refractivity contribution in [2.75, 3.05) is 25.5 Å². The van der Waals surface area contributed by atoms with Crippen molar-refractivity contribution in [3.8, 4) is 0 Å². The van der Waals surface area contributed by atoms with E-state index in [0.717, 1.165) is 6.07 Å². The number of methoxy groups -OCH3 is 1. The molecule has 104 valence electrons. The van der Waals surface area contributed by atoms with Crippen LogP contribution in [-0.4, -0.2) is 38.4 Å². The van der Waals surface area contributed by atoms with Crippen LogP contribution in [0.1, 0.15) is 0 Å². The Morgan fingerprint density at radius 1 is 1.42 bits per heavy atom. The first kappa shape index (κ1) is 13.7. The van der Waals surface area contributed by atoms with E-state index in [0.29, 0.717) is 19.2 Å². The van der Waals surface area contributed by atoms with Gasteiger partial charge in [-0.15, -0.1) is 0 Å². The van der Waals surface area contributed by atoms with E-state index in [-0.39, 0.29) is 17.8 Å². The lowest BCUT2D eigenvalue weighted by molar-refractivity contribution is 0.0991. The van der Waals surface area contributed by atoms with Gasteiger partial charge in [-0.3, -0.25) is 0 Å². The molecule has 0 aliphatic carbocycles. The van der Waals surface area contributed by atoms with E-state index < -0.39 is 17.7 Å². The van der Waals surface area contributed by atoms with Crippen LogP contribution in [0.4, 0.5) is 19.3 Å². The summed E-state index contributed by atoms with van der Waals surface area (Å²) in [5.41, 5.74) is -0.0705. The average Bonchev–Trinajstić information content (AvgIpc) is 2.80. The van der Waals surface area contributed by atoms with E-state index in [1.165, 1.54) is 6.07 Å². The first-order chi connectivity index (χ1) is 9.10. The van der Waals surface area contributed by atoms with Gasteiger partial charge < -0.3 is 20.7 Å². The van der Waals surface area contributed by atoms with Gasteiger partial charge in [0.2, 0.25) is 0 Å². The summed E-state index contributed by atoms with van der Waals surface area (Å²) in [4.78, 5) is 11.7. The van der Waals surface area contributed by atoms with Crippen LogP contribution in [-0.2, 0) is 4.74 Å². The van der Waals surface area contributed by atoms with Gasteiger partial charge in [0.05, 0.1) is 17.8 Å². The first-order valence-corrected chi connectivity index (χ1v) is 5.86. The van der Waals surface area contributed by atoms with Crippen LogP contribution in [0, 0.1) is 11.6 Å². The largest absolute Gasteiger partial charge is 0.378 e. The number of benzene rings is 1. The molecular weight excluding hydrogens is 256 g/mol. The van der Waals surface area contributed by atoms with E-state index in [2.05, 4.69) is 16.0 Å². The summed E-state index contributed by atoms with van der Waals surface area (Å²) in [5.74, 6) is -1.51. The molecule has 0 bridgehead atoms. The molecule has 1 aliphatic rings. The lowest BCUT2D eigenvalue weighted by Gasteiger charge is -2.19. The fourth-order valence-corrected chi connectivity index (χ4v) is 1.96. The number of hydrogen-bond donors (Lipinski definition) is 3. The van der Waals surface area contributed by atoms with Crippen molar-refractivity contribution in [1.29, 1.82) is 0 Å². The SMILES string of the molecule is CO[C@H]1CNCC1NC(=O)Nc1ccc(F)cc1F. The summed E-state index contributed by atoms with van der Waals surface area (Å²) < 4.78 is 31.2. The van der Waals surface area contributed by atoms with Crippen molar-refractivity contribution in [2.24, 2.45) is 0 Å². The number of amides is 2. The topological polar surface area (TPSA) is 62.4 Å². The second kappa shape index (κ2) is 5.94. The van der Waals surface area contributed by atoms with Gasteiger partial charge in [-0.05, 0) is 12.1 Å². The molecule has 1 unspecified atom stereocenters. The minimum Gasteiger partial charge on any atom is -0.378 e. The standard InChI is InChI=1S/C12H15F2N3O2/c1-19-11-6-15-5-10(11)17-12(18)16-9-3-2-7(13)4-8(9)14/h2-4,10-11,15H,5-6H2,1H3,(H2,16,17,18)/t10?,11-/m0/s1. The molecule has 1 saturated heterocycles. The monoisotopic (exact) mass is 271 g/mol. The molecule has 2 atom stereocenters. The summed E-state index contributed by atoms with van der Waals surface area (Å²) in [7, 11) is 1.56. The molecule has 1 heterocycles. The van der Waals surface area contributed by atoms with Crippen molar-refractivity contribution < 1.29 is 18.3 Å². The van der Waals surface area contributed by atoms with Crippen LogP contribution in [0.2, 0.25) is 0 Å². The van der Waals surface area contributed by atoms with Crippen molar-refractivity contribution in [3.05, 3.63) is 29.8 Å². The molecule has 7 heteroatoms. The fourth-order valence-electron chi connectivity index (χ4n) is 1.96. The molecule has 0 spiro atoms. The number of halogens is 2. The van der Waals surface area contributed by atoms with Crippen molar-refractivity contribution in [1.82, 2.24) is 10.6 Å². The van der Waals surface area contributed by atoms with Gasteiger partial charge in [-0.2, -0.15) is 0 Å². The molecule has 5 nitrogen and oxygen atoms in total. The number of ether oxygens (including phenoxy) is 1. The third-order valence-corrected chi connectivity index (χ3v) is 2.96. The number of anilines is 1. The average molecular weight is 271 g/mol. The first-order valence-electron chi connectivity index (χ1n) is 5.86. The van der Waals surface area contributed by atoms with Crippen LogP contribution in [0.5, 0.6) is 0 Å². The molecule has 2 amide bonds. The molecule has 0 radical (unpaired) electrons. The zero-order valence-electron chi connectivity index (χ0n) is 10.4. The zero-order valence-corrected chi connectivity index (χ0v) is 10.4. The normalized spacial score (nSPS) is 22.3. The Hall–Kier alpha value is -1.73. The Bertz CT molecular complexity index is 470. The summed E-state index contributed by atoms with van der Waals surface area (Å²) in [6.45, 7) is 1.23. The number of nitrogens with one attached hydrogen (secondary N) is 3. The minimum atomic E-state index is -0.817. The summed E-state index contributed by atoms with van der Waals surface area (Å²) >= 11 is 0. The molecule has 0 aromatic heterocycles. The molecule has 2 rings (SSSR count). The predicted octanol–water partition coefficient (Wildman–Crippen LogP) is 1.07. The molecule has 1 aromatic carbocycles. The number of carbonyl (C=O) groups is 1. The highest BCUT2D eigenvalue weighted by Gasteiger charge is 2.28. The molecule has 1 aliphatic heterocycles. The van der Waals surface area contributed by atoms with Crippen molar-refractivity contribution in [2.45, 2.75) is 12.1 Å². The van der Waals surface area contributed by atoms with Gasteiger partial charge in [-0.1, -0.05) is 0 Å². The van der Waals surface area contributed by atoms with Gasteiger partial charge in [0.25, 0.3) is 0 Å². The van der Waals surface area contributed by atoms with Gasteiger partial charge in [0.1, 0.15) is 11.6 Å². The molecular formula is C12H15F2N3O2. The van der Waals surface area contributed by atoms with Crippen molar-refractivity contribution in [3.63, 3.8) is 0 Å². The summed E-state index contributed by atoms with van der Waals surface area (Å²) in [6, 6.07) is 2.22. The van der Waals surface area contributed by atoms with E-state index >= 15 is 0 Å². The smallest absolute Gasteiger partial charge is 0.319 e. The molecule has 1 fully saturated rings.